The number of carboxylic acids is 1. The first-order valence-electron chi connectivity index (χ1n) is 6.47. The van der Waals surface area contributed by atoms with Crippen LogP contribution in [0.25, 0.3) is 0 Å². The SMILES string of the molecule is O=C(O)CC1CN(C(=O)c2ccc3c(c2)CC(=O)N3)C1. The minimum absolute atomic E-state index is 0.0501. The molecule has 3 rings (SSSR count). The van der Waals surface area contributed by atoms with Crippen LogP contribution in [0.5, 0.6) is 0 Å². The van der Waals surface area contributed by atoms with Crippen molar-refractivity contribution in [1.82, 2.24) is 4.90 Å². The standard InChI is InChI=1S/C14H14N2O4/c17-12-5-10-4-9(1-2-11(10)15-12)14(20)16-6-8(7-16)3-13(18)19/h1-2,4,8H,3,5-7H2,(H,15,17)(H,18,19). The van der Waals surface area contributed by atoms with Crippen molar-refractivity contribution in [3.8, 4) is 0 Å². The third kappa shape index (κ3) is 2.24. The lowest BCUT2D eigenvalue weighted by molar-refractivity contribution is -0.139. The number of aliphatic carboxylic acids is 1. The minimum atomic E-state index is -0.829. The molecule has 2 amide bonds. The number of amides is 2. The molecule has 0 spiro atoms. The molecule has 6 nitrogen and oxygen atoms in total. The normalized spacial score (nSPS) is 17.4. The number of carboxylic acid groups (broad SMARTS) is 1. The summed E-state index contributed by atoms with van der Waals surface area (Å²) in [7, 11) is 0. The Morgan fingerprint density at radius 3 is 2.80 bits per heavy atom. The van der Waals surface area contributed by atoms with Gasteiger partial charge in [-0.2, -0.15) is 0 Å². The third-order valence-electron chi connectivity index (χ3n) is 3.68. The van der Waals surface area contributed by atoms with Crippen LogP contribution in [0.2, 0.25) is 0 Å². The van der Waals surface area contributed by atoms with Gasteiger partial charge in [-0.3, -0.25) is 14.4 Å². The first-order chi connectivity index (χ1) is 9.52. The molecule has 1 saturated heterocycles. The summed E-state index contributed by atoms with van der Waals surface area (Å²) >= 11 is 0. The van der Waals surface area contributed by atoms with Crippen LogP contribution in [-0.2, 0) is 16.0 Å². The second-order valence-corrected chi connectivity index (χ2v) is 5.27. The van der Waals surface area contributed by atoms with Crippen LogP contribution in [0.4, 0.5) is 5.69 Å². The van der Waals surface area contributed by atoms with Gasteiger partial charge in [0.05, 0.1) is 12.8 Å². The van der Waals surface area contributed by atoms with E-state index in [0.29, 0.717) is 25.1 Å². The Morgan fingerprint density at radius 2 is 2.10 bits per heavy atom. The summed E-state index contributed by atoms with van der Waals surface area (Å²) in [6.07, 6.45) is 0.407. The van der Waals surface area contributed by atoms with Gasteiger partial charge in [0.1, 0.15) is 0 Å². The van der Waals surface area contributed by atoms with Crippen molar-refractivity contribution < 1.29 is 19.5 Å². The molecular weight excluding hydrogens is 260 g/mol. The Morgan fingerprint density at radius 1 is 1.35 bits per heavy atom. The van der Waals surface area contributed by atoms with E-state index >= 15 is 0 Å². The second kappa shape index (κ2) is 4.63. The number of anilines is 1. The number of carbonyl (C=O) groups is 3. The summed E-state index contributed by atoms with van der Waals surface area (Å²) in [4.78, 5) is 35.7. The number of hydrogen-bond acceptors (Lipinski definition) is 3. The number of rotatable bonds is 3. The second-order valence-electron chi connectivity index (χ2n) is 5.27. The molecule has 104 valence electrons. The predicted molar refractivity (Wildman–Crippen MR) is 70.4 cm³/mol. The lowest BCUT2D eigenvalue weighted by atomic mass is 9.95. The third-order valence-corrected chi connectivity index (χ3v) is 3.68. The van der Waals surface area contributed by atoms with E-state index in [4.69, 9.17) is 5.11 Å². The van der Waals surface area contributed by atoms with E-state index in [1.165, 1.54) is 0 Å². The number of benzene rings is 1. The number of nitrogens with zero attached hydrogens (tertiary/aromatic N) is 1. The van der Waals surface area contributed by atoms with Crippen LogP contribution in [0.1, 0.15) is 22.3 Å². The number of hydrogen-bond donors (Lipinski definition) is 2. The maximum absolute atomic E-state index is 12.2. The lowest BCUT2D eigenvalue weighted by Crippen LogP contribution is -2.50. The molecule has 0 unspecified atom stereocenters. The fourth-order valence-corrected chi connectivity index (χ4v) is 2.66. The first kappa shape index (κ1) is 12.7. The Hall–Kier alpha value is -2.37. The van der Waals surface area contributed by atoms with Gasteiger partial charge in [0, 0.05) is 30.3 Å². The largest absolute Gasteiger partial charge is 0.481 e. The topological polar surface area (TPSA) is 86.7 Å². The van der Waals surface area contributed by atoms with E-state index in [2.05, 4.69) is 5.32 Å². The van der Waals surface area contributed by atoms with Crippen molar-refractivity contribution in [3.05, 3.63) is 29.3 Å². The highest BCUT2D eigenvalue weighted by Crippen LogP contribution is 2.26. The number of carbonyl (C=O) groups excluding carboxylic acids is 2. The number of nitrogens with one attached hydrogen (secondary N) is 1. The van der Waals surface area contributed by atoms with Crippen molar-refractivity contribution in [2.75, 3.05) is 18.4 Å². The fourth-order valence-electron chi connectivity index (χ4n) is 2.66. The molecule has 0 bridgehead atoms. The van der Waals surface area contributed by atoms with Gasteiger partial charge in [0.15, 0.2) is 0 Å². The maximum Gasteiger partial charge on any atom is 0.303 e. The van der Waals surface area contributed by atoms with Crippen LogP contribution in [0, 0.1) is 5.92 Å². The van der Waals surface area contributed by atoms with E-state index in [1.54, 1.807) is 23.1 Å². The summed E-state index contributed by atoms with van der Waals surface area (Å²) in [5.41, 5.74) is 2.15. The summed E-state index contributed by atoms with van der Waals surface area (Å²) in [6, 6.07) is 5.17. The Kier molecular flexibility index (Phi) is 2.93. The van der Waals surface area contributed by atoms with Crippen LogP contribution in [0.15, 0.2) is 18.2 Å². The van der Waals surface area contributed by atoms with Crippen LogP contribution in [0.3, 0.4) is 0 Å². The molecule has 1 fully saturated rings. The fraction of sp³-hybridized carbons (Fsp3) is 0.357. The van der Waals surface area contributed by atoms with Crippen LogP contribution in [-0.4, -0.2) is 40.9 Å². The average Bonchev–Trinajstić information content (AvgIpc) is 2.71. The number of likely N-dealkylation sites (tertiary alicyclic amines) is 1. The van der Waals surface area contributed by atoms with Gasteiger partial charge >= 0.3 is 5.97 Å². The molecule has 2 aliphatic heterocycles. The quantitative estimate of drug-likeness (QED) is 0.850. The molecule has 0 aliphatic carbocycles. The molecule has 20 heavy (non-hydrogen) atoms. The van der Waals surface area contributed by atoms with E-state index in [0.717, 1.165) is 11.3 Å². The van der Waals surface area contributed by atoms with Gasteiger partial charge in [-0.15, -0.1) is 0 Å². The van der Waals surface area contributed by atoms with Gasteiger partial charge in [-0.1, -0.05) is 0 Å². The molecule has 0 atom stereocenters. The van der Waals surface area contributed by atoms with Crippen molar-refractivity contribution in [3.63, 3.8) is 0 Å². The van der Waals surface area contributed by atoms with Crippen LogP contribution >= 0.6 is 0 Å². The average molecular weight is 274 g/mol. The zero-order valence-corrected chi connectivity index (χ0v) is 10.8. The van der Waals surface area contributed by atoms with Gasteiger partial charge in [0.25, 0.3) is 5.91 Å². The zero-order chi connectivity index (χ0) is 14.3. The van der Waals surface area contributed by atoms with E-state index in [1.807, 2.05) is 0 Å². The van der Waals surface area contributed by atoms with Crippen molar-refractivity contribution in [1.29, 1.82) is 0 Å². The smallest absolute Gasteiger partial charge is 0.303 e. The van der Waals surface area contributed by atoms with E-state index in [-0.39, 0.29) is 24.2 Å². The summed E-state index contributed by atoms with van der Waals surface area (Å²) in [5.74, 6) is -0.942. The molecule has 2 N–H and O–H groups in total. The molecule has 1 aromatic rings. The highest BCUT2D eigenvalue weighted by molar-refractivity contribution is 6.01. The Labute approximate surface area is 115 Å². The summed E-state index contributed by atoms with van der Waals surface area (Å²) in [5, 5.41) is 11.4. The van der Waals surface area contributed by atoms with Gasteiger partial charge in [-0.05, 0) is 23.8 Å². The van der Waals surface area contributed by atoms with Gasteiger partial charge in [0.2, 0.25) is 5.91 Å². The Balaban J connectivity index is 1.66. The van der Waals surface area contributed by atoms with Crippen molar-refractivity contribution in [2.45, 2.75) is 12.8 Å². The summed E-state index contributed by atoms with van der Waals surface area (Å²) in [6.45, 7) is 0.971. The van der Waals surface area contributed by atoms with Crippen molar-refractivity contribution >= 4 is 23.5 Å². The zero-order valence-electron chi connectivity index (χ0n) is 10.8. The number of fused-ring (bicyclic) bond motifs is 1. The molecule has 0 saturated carbocycles. The summed E-state index contributed by atoms with van der Waals surface area (Å²) < 4.78 is 0. The Bertz CT molecular complexity index is 605. The van der Waals surface area contributed by atoms with E-state index < -0.39 is 5.97 Å². The molecule has 6 heteroatoms. The van der Waals surface area contributed by atoms with Crippen molar-refractivity contribution in [2.24, 2.45) is 5.92 Å². The van der Waals surface area contributed by atoms with Gasteiger partial charge < -0.3 is 15.3 Å². The monoisotopic (exact) mass is 274 g/mol. The molecule has 2 heterocycles. The molecular formula is C14H14N2O4. The first-order valence-corrected chi connectivity index (χ1v) is 6.47. The maximum atomic E-state index is 12.2. The highest BCUT2D eigenvalue weighted by Gasteiger charge is 2.33. The molecule has 0 aromatic heterocycles. The minimum Gasteiger partial charge on any atom is -0.481 e. The molecule has 1 aromatic carbocycles. The van der Waals surface area contributed by atoms with E-state index in [9.17, 15) is 14.4 Å². The van der Waals surface area contributed by atoms with Gasteiger partial charge in [-0.25, -0.2) is 0 Å². The highest BCUT2D eigenvalue weighted by atomic mass is 16.4. The predicted octanol–water partition coefficient (Wildman–Crippen LogP) is 0.728. The van der Waals surface area contributed by atoms with Crippen LogP contribution < -0.4 is 5.32 Å². The molecule has 2 aliphatic rings. The molecule has 0 radical (unpaired) electrons. The lowest BCUT2D eigenvalue weighted by Gasteiger charge is -2.38.